The molecule has 0 atom stereocenters. The van der Waals surface area contributed by atoms with Crippen LogP contribution in [-0.4, -0.2) is 6.34 Å². The fourth-order valence-corrected chi connectivity index (χ4v) is 0.741. The molecule has 0 saturated heterocycles. The molecule has 0 saturated carbocycles. The minimum absolute atomic E-state index is 0.891. The summed E-state index contributed by atoms with van der Waals surface area (Å²) in [5.74, 6) is 0. The zero-order chi connectivity index (χ0) is 8.15. The number of allylic oxidation sites excluding steroid dienone is 2. The molecule has 0 radical (unpaired) electrons. The Morgan fingerprint density at radius 3 is 2.00 bits per heavy atom. The van der Waals surface area contributed by atoms with Crippen molar-refractivity contribution in [3.63, 3.8) is 0 Å². The maximum Gasteiger partial charge on any atom is 0.0860 e. The minimum Gasteiger partial charge on any atom is -0.390 e. The van der Waals surface area contributed by atoms with Gasteiger partial charge in [-0.05, 0) is 26.3 Å². The van der Waals surface area contributed by atoms with Gasteiger partial charge in [-0.2, -0.15) is 0 Å². The highest BCUT2D eigenvalue weighted by Crippen LogP contribution is 2.12. The zero-order valence-corrected chi connectivity index (χ0v) is 6.81. The second kappa shape index (κ2) is 3.88. The molecule has 0 bridgehead atoms. The lowest BCUT2D eigenvalue weighted by molar-refractivity contribution is 1.19. The Kier molecular flexibility index (Phi) is 3.47. The molecule has 0 fully saturated rings. The van der Waals surface area contributed by atoms with Crippen LogP contribution in [-0.2, 0) is 0 Å². The average Bonchev–Trinajstić information content (AvgIpc) is 1.81. The Balaban J connectivity index is 4.61. The van der Waals surface area contributed by atoms with E-state index in [1.54, 1.807) is 0 Å². The van der Waals surface area contributed by atoms with E-state index in [4.69, 9.17) is 5.73 Å². The second-order valence-electron chi connectivity index (χ2n) is 2.41. The molecule has 0 spiro atoms. The third kappa shape index (κ3) is 2.49. The summed E-state index contributed by atoms with van der Waals surface area (Å²) in [5, 5.41) is 0. The number of hydrogen-bond donors (Lipinski definition) is 1. The number of nitrogens with two attached hydrogens (primary N) is 1. The molecular formula is C8H14N2. The van der Waals surface area contributed by atoms with Crippen molar-refractivity contribution in [3.05, 3.63) is 23.4 Å². The van der Waals surface area contributed by atoms with Gasteiger partial charge in [0.25, 0.3) is 0 Å². The van der Waals surface area contributed by atoms with Crippen LogP contribution in [0.4, 0.5) is 0 Å². The van der Waals surface area contributed by atoms with Crippen molar-refractivity contribution < 1.29 is 0 Å². The van der Waals surface area contributed by atoms with Gasteiger partial charge in [0, 0.05) is 0 Å². The van der Waals surface area contributed by atoms with Crippen LogP contribution in [0, 0.1) is 0 Å². The molecule has 10 heavy (non-hydrogen) atoms. The minimum atomic E-state index is 0.891. The van der Waals surface area contributed by atoms with Gasteiger partial charge in [0.15, 0.2) is 0 Å². The van der Waals surface area contributed by atoms with Gasteiger partial charge in [-0.3, -0.25) is 0 Å². The molecule has 0 heterocycles. The Labute approximate surface area is 62.1 Å². The molecule has 0 aromatic heterocycles. The summed E-state index contributed by atoms with van der Waals surface area (Å²) in [6, 6.07) is 0. The van der Waals surface area contributed by atoms with Gasteiger partial charge in [-0.25, -0.2) is 4.99 Å². The molecule has 0 amide bonds. The smallest absolute Gasteiger partial charge is 0.0860 e. The molecule has 2 N–H and O–H groups in total. The van der Waals surface area contributed by atoms with Gasteiger partial charge in [-0.15, -0.1) is 0 Å². The van der Waals surface area contributed by atoms with Crippen molar-refractivity contribution in [1.82, 2.24) is 0 Å². The average molecular weight is 138 g/mol. The number of rotatable bonds is 2. The van der Waals surface area contributed by atoms with Gasteiger partial charge >= 0.3 is 0 Å². The lowest BCUT2D eigenvalue weighted by Gasteiger charge is -2.00. The molecular weight excluding hydrogens is 124 g/mol. The maximum atomic E-state index is 5.14. The fraction of sp³-hybridized carbons (Fsp3) is 0.375. The Morgan fingerprint density at radius 1 is 1.40 bits per heavy atom. The van der Waals surface area contributed by atoms with Crippen molar-refractivity contribution >= 4 is 6.34 Å². The summed E-state index contributed by atoms with van der Waals surface area (Å²) in [4.78, 5) is 3.96. The summed E-state index contributed by atoms with van der Waals surface area (Å²) in [5.41, 5.74) is 8.11. The van der Waals surface area contributed by atoms with Gasteiger partial charge in [0.2, 0.25) is 0 Å². The highest BCUT2D eigenvalue weighted by Gasteiger charge is 1.94. The maximum absolute atomic E-state index is 5.14. The monoisotopic (exact) mass is 138 g/mol. The van der Waals surface area contributed by atoms with Crippen LogP contribution in [0.5, 0.6) is 0 Å². The molecule has 2 heteroatoms. The molecule has 0 aliphatic heterocycles. The Hall–Kier alpha value is -1.05. The first-order chi connectivity index (χ1) is 4.59. The molecule has 0 unspecified atom stereocenters. The number of nitrogens with zero attached hydrogens (tertiary/aromatic N) is 1. The molecule has 0 aliphatic rings. The van der Waals surface area contributed by atoms with Gasteiger partial charge < -0.3 is 5.73 Å². The molecule has 2 nitrogen and oxygen atoms in total. The standard InChI is InChI=1S/C8H14N2/c1-6(2)8(7(3)4)10-5-9/h5H,1H2,2-4H3,(H2,9,10). The van der Waals surface area contributed by atoms with E-state index in [-0.39, 0.29) is 0 Å². The van der Waals surface area contributed by atoms with E-state index in [2.05, 4.69) is 11.6 Å². The summed E-state index contributed by atoms with van der Waals surface area (Å²) in [6.07, 6.45) is 1.29. The van der Waals surface area contributed by atoms with Crippen molar-refractivity contribution in [2.75, 3.05) is 0 Å². The zero-order valence-electron chi connectivity index (χ0n) is 6.81. The van der Waals surface area contributed by atoms with Gasteiger partial charge in [0.1, 0.15) is 0 Å². The van der Waals surface area contributed by atoms with Crippen LogP contribution in [0.3, 0.4) is 0 Å². The van der Waals surface area contributed by atoms with Crippen LogP contribution < -0.4 is 5.73 Å². The first-order valence-corrected chi connectivity index (χ1v) is 3.17. The molecule has 56 valence electrons. The van der Waals surface area contributed by atoms with E-state index in [9.17, 15) is 0 Å². The van der Waals surface area contributed by atoms with Crippen molar-refractivity contribution in [2.45, 2.75) is 20.8 Å². The van der Waals surface area contributed by atoms with Crippen LogP contribution >= 0.6 is 0 Å². The van der Waals surface area contributed by atoms with Crippen LogP contribution in [0.2, 0.25) is 0 Å². The van der Waals surface area contributed by atoms with Crippen LogP contribution in [0.1, 0.15) is 20.8 Å². The first-order valence-electron chi connectivity index (χ1n) is 3.17. The number of hydrogen-bond acceptors (Lipinski definition) is 1. The van der Waals surface area contributed by atoms with Crippen molar-refractivity contribution in [1.29, 1.82) is 0 Å². The highest BCUT2D eigenvalue weighted by molar-refractivity contribution is 5.55. The fourth-order valence-electron chi connectivity index (χ4n) is 0.741. The normalized spacial score (nSPS) is 9.90. The van der Waals surface area contributed by atoms with Gasteiger partial charge in [0.05, 0.1) is 12.0 Å². The Bertz CT molecular complexity index is 183. The van der Waals surface area contributed by atoms with E-state index in [1.807, 2.05) is 20.8 Å². The molecule has 0 aliphatic carbocycles. The van der Waals surface area contributed by atoms with Crippen molar-refractivity contribution in [3.8, 4) is 0 Å². The van der Waals surface area contributed by atoms with Crippen LogP contribution in [0.25, 0.3) is 0 Å². The largest absolute Gasteiger partial charge is 0.390 e. The van der Waals surface area contributed by atoms with Crippen LogP contribution in [0.15, 0.2) is 28.4 Å². The predicted octanol–water partition coefficient (Wildman–Crippen LogP) is 1.84. The van der Waals surface area contributed by atoms with Gasteiger partial charge in [-0.1, -0.05) is 12.2 Å². The lowest BCUT2D eigenvalue weighted by Crippen LogP contribution is -1.92. The molecule has 0 aromatic rings. The van der Waals surface area contributed by atoms with E-state index < -0.39 is 0 Å². The molecule has 0 aromatic carbocycles. The van der Waals surface area contributed by atoms with Crippen molar-refractivity contribution in [2.24, 2.45) is 10.7 Å². The third-order valence-corrected chi connectivity index (χ3v) is 1.08. The predicted molar refractivity (Wildman–Crippen MR) is 45.9 cm³/mol. The lowest BCUT2D eigenvalue weighted by atomic mass is 10.1. The summed E-state index contributed by atoms with van der Waals surface area (Å²) < 4.78 is 0. The SMILES string of the molecule is C=C(C)C(/N=C\N)=C(C)C. The topological polar surface area (TPSA) is 38.4 Å². The third-order valence-electron chi connectivity index (χ3n) is 1.08. The van der Waals surface area contributed by atoms with E-state index >= 15 is 0 Å². The summed E-state index contributed by atoms with van der Waals surface area (Å²) in [6.45, 7) is 9.65. The quantitative estimate of drug-likeness (QED) is 0.353. The van der Waals surface area contributed by atoms with E-state index in [0.717, 1.165) is 16.8 Å². The van der Waals surface area contributed by atoms with E-state index in [0.29, 0.717) is 0 Å². The number of aliphatic imine (C=N–C) groups is 1. The summed E-state index contributed by atoms with van der Waals surface area (Å²) in [7, 11) is 0. The summed E-state index contributed by atoms with van der Waals surface area (Å²) >= 11 is 0. The van der Waals surface area contributed by atoms with E-state index in [1.165, 1.54) is 6.34 Å². The highest BCUT2D eigenvalue weighted by atomic mass is 14.8. The second-order valence-corrected chi connectivity index (χ2v) is 2.41. The Morgan fingerprint density at radius 2 is 1.90 bits per heavy atom. The molecule has 0 rings (SSSR count). The first kappa shape index (κ1) is 8.95.